The van der Waals surface area contributed by atoms with Crippen LogP contribution in [-0.4, -0.2) is 61.1 Å². The van der Waals surface area contributed by atoms with Gasteiger partial charge in [-0.2, -0.15) is 0 Å². The van der Waals surface area contributed by atoms with Gasteiger partial charge in [-0.3, -0.25) is 19.2 Å². The third kappa shape index (κ3) is 6.17. The highest BCUT2D eigenvalue weighted by atomic mass is 16.2. The number of carbonyl (C=O) groups is 4. The first kappa shape index (κ1) is 21.6. The van der Waals surface area contributed by atoms with Gasteiger partial charge in [-0.1, -0.05) is 12.1 Å². The number of rotatable bonds is 6. The molecule has 0 aliphatic heterocycles. The standard InChI is InChI=1S/C21H24N4O4/c1-14(26)22-17-9-6-8-16(12-17)21(29)25(4)13-19(27)23-18-10-5-7-15(11-18)20(28)24(2)3/h5-12H,13H2,1-4H3,(H,22,26)(H,23,27). The lowest BCUT2D eigenvalue weighted by Crippen LogP contribution is -2.35. The Morgan fingerprint density at radius 3 is 1.83 bits per heavy atom. The number of hydrogen-bond acceptors (Lipinski definition) is 4. The molecule has 0 atom stereocenters. The van der Waals surface area contributed by atoms with E-state index in [0.29, 0.717) is 22.5 Å². The summed E-state index contributed by atoms with van der Waals surface area (Å²) in [5.74, 6) is -1.16. The van der Waals surface area contributed by atoms with Crippen LogP contribution < -0.4 is 10.6 Å². The lowest BCUT2D eigenvalue weighted by Gasteiger charge is -2.18. The lowest BCUT2D eigenvalue weighted by atomic mass is 10.1. The summed E-state index contributed by atoms with van der Waals surface area (Å²) < 4.78 is 0. The van der Waals surface area contributed by atoms with Crippen molar-refractivity contribution in [3.05, 3.63) is 59.7 Å². The molecule has 2 N–H and O–H groups in total. The van der Waals surface area contributed by atoms with E-state index in [4.69, 9.17) is 0 Å². The van der Waals surface area contributed by atoms with Crippen molar-refractivity contribution in [2.45, 2.75) is 6.92 Å². The van der Waals surface area contributed by atoms with Crippen LogP contribution in [0.1, 0.15) is 27.6 Å². The summed E-state index contributed by atoms with van der Waals surface area (Å²) in [4.78, 5) is 50.8. The molecule has 0 radical (unpaired) electrons. The number of amides is 4. The fourth-order valence-electron chi connectivity index (χ4n) is 2.63. The van der Waals surface area contributed by atoms with E-state index in [1.165, 1.54) is 23.8 Å². The summed E-state index contributed by atoms with van der Waals surface area (Å²) in [5, 5.41) is 5.31. The number of likely N-dealkylation sites (N-methyl/N-ethyl adjacent to an activating group) is 1. The van der Waals surface area contributed by atoms with Gasteiger partial charge in [0.15, 0.2) is 0 Å². The molecule has 0 unspecified atom stereocenters. The monoisotopic (exact) mass is 396 g/mol. The van der Waals surface area contributed by atoms with Crippen LogP contribution in [0.5, 0.6) is 0 Å². The van der Waals surface area contributed by atoms with Crippen LogP contribution in [0.4, 0.5) is 11.4 Å². The molecular formula is C21H24N4O4. The molecule has 0 saturated carbocycles. The topological polar surface area (TPSA) is 98.8 Å². The summed E-state index contributed by atoms with van der Waals surface area (Å²) in [6, 6.07) is 13.1. The van der Waals surface area contributed by atoms with Crippen LogP contribution in [0, 0.1) is 0 Å². The molecule has 29 heavy (non-hydrogen) atoms. The van der Waals surface area contributed by atoms with E-state index >= 15 is 0 Å². The molecular weight excluding hydrogens is 372 g/mol. The minimum absolute atomic E-state index is 0.172. The molecule has 0 fully saturated rings. The highest BCUT2D eigenvalue weighted by Gasteiger charge is 2.16. The Hall–Kier alpha value is -3.68. The van der Waals surface area contributed by atoms with Gasteiger partial charge < -0.3 is 20.4 Å². The van der Waals surface area contributed by atoms with E-state index in [-0.39, 0.29) is 24.3 Å². The van der Waals surface area contributed by atoms with Crippen molar-refractivity contribution in [2.24, 2.45) is 0 Å². The van der Waals surface area contributed by atoms with E-state index in [1.807, 2.05) is 0 Å². The van der Waals surface area contributed by atoms with Gasteiger partial charge in [-0.15, -0.1) is 0 Å². The second-order valence-electron chi connectivity index (χ2n) is 6.75. The lowest BCUT2D eigenvalue weighted by molar-refractivity contribution is -0.116. The van der Waals surface area contributed by atoms with E-state index < -0.39 is 5.91 Å². The Kier molecular flexibility index (Phi) is 7.08. The van der Waals surface area contributed by atoms with E-state index in [2.05, 4.69) is 10.6 Å². The second-order valence-corrected chi connectivity index (χ2v) is 6.75. The minimum Gasteiger partial charge on any atom is -0.345 e. The Bertz CT molecular complexity index is 940. The number of carbonyl (C=O) groups excluding carboxylic acids is 4. The molecule has 0 saturated heterocycles. The van der Waals surface area contributed by atoms with Gasteiger partial charge in [0.2, 0.25) is 11.8 Å². The molecule has 8 heteroatoms. The third-order valence-electron chi connectivity index (χ3n) is 3.96. The maximum absolute atomic E-state index is 12.6. The van der Waals surface area contributed by atoms with Crippen molar-refractivity contribution in [2.75, 3.05) is 38.3 Å². The Morgan fingerprint density at radius 2 is 1.31 bits per heavy atom. The fraction of sp³-hybridized carbons (Fsp3) is 0.238. The molecule has 0 aliphatic rings. The molecule has 8 nitrogen and oxygen atoms in total. The smallest absolute Gasteiger partial charge is 0.254 e. The minimum atomic E-state index is -0.395. The van der Waals surface area contributed by atoms with Gasteiger partial charge in [0.1, 0.15) is 0 Å². The van der Waals surface area contributed by atoms with Crippen molar-refractivity contribution in [3.63, 3.8) is 0 Å². The first-order valence-corrected chi connectivity index (χ1v) is 8.92. The maximum Gasteiger partial charge on any atom is 0.254 e. The summed E-state index contributed by atoms with van der Waals surface area (Å²) >= 11 is 0. The highest BCUT2D eigenvalue weighted by Crippen LogP contribution is 2.14. The van der Waals surface area contributed by atoms with Crippen LogP contribution in [0.25, 0.3) is 0 Å². The van der Waals surface area contributed by atoms with Gasteiger partial charge in [0.25, 0.3) is 11.8 Å². The zero-order valence-corrected chi connectivity index (χ0v) is 16.9. The zero-order chi connectivity index (χ0) is 21.6. The number of anilines is 2. The predicted molar refractivity (Wildman–Crippen MR) is 111 cm³/mol. The van der Waals surface area contributed by atoms with E-state index in [0.717, 1.165) is 0 Å². The van der Waals surface area contributed by atoms with Gasteiger partial charge in [-0.25, -0.2) is 0 Å². The number of hydrogen-bond donors (Lipinski definition) is 2. The molecule has 2 aromatic carbocycles. The van der Waals surface area contributed by atoms with Crippen molar-refractivity contribution in [3.8, 4) is 0 Å². The van der Waals surface area contributed by atoms with Crippen molar-refractivity contribution < 1.29 is 19.2 Å². The fourth-order valence-corrected chi connectivity index (χ4v) is 2.63. The summed E-state index contributed by atoms with van der Waals surface area (Å²) in [6.45, 7) is 1.21. The quantitative estimate of drug-likeness (QED) is 0.781. The van der Waals surface area contributed by atoms with Crippen LogP contribution in [-0.2, 0) is 9.59 Å². The van der Waals surface area contributed by atoms with E-state index in [1.54, 1.807) is 62.6 Å². The molecule has 152 valence electrons. The molecule has 0 aliphatic carbocycles. The van der Waals surface area contributed by atoms with Gasteiger partial charge >= 0.3 is 0 Å². The predicted octanol–water partition coefficient (Wildman–Crippen LogP) is 2.06. The van der Waals surface area contributed by atoms with Crippen molar-refractivity contribution >= 4 is 35.0 Å². The van der Waals surface area contributed by atoms with Crippen molar-refractivity contribution in [1.29, 1.82) is 0 Å². The van der Waals surface area contributed by atoms with Gasteiger partial charge in [-0.05, 0) is 36.4 Å². The average molecular weight is 396 g/mol. The zero-order valence-electron chi connectivity index (χ0n) is 16.9. The van der Waals surface area contributed by atoms with Gasteiger partial charge in [0.05, 0.1) is 6.54 Å². The van der Waals surface area contributed by atoms with Crippen molar-refractivity contribution in [1.82, 2.24) is 9.80 Å². The number of nitrogens with zero attached hydrogens (tertiary/aromatic N) is 2. The number of nitrogens with one attached hydrogen (secondary N) is 2. The second kappa shape index (κ2) is 9.50. The Morgan fingerprint density at radius 1 is 0.793 bits per heavy atom. The Balaban J connectivity index is 2.02. The molecule has 0 bridgehead atoms. The molecule has 2 rings (SSSR count). The maximum atomic E-state index is 12.6. The molecule has 0 heterocycles. The van der Waals surface area contributed by atoms with Gasteiger partial charge in [0, 0.05) is 50.6 Å². The molecule has 2 aromatic rings. The third-order valence-corrected chi connectivity index (χ3v) is 3.96. The van der Waals surface area contributed by atoms with Crippen LogP contribution in [0.3, 0.4) is 0 Å². The summed E-state index contributed by atoms with van der Waals surface area (Å²) in [6.07, 6.45) is 0. The summed E-state index contributed by atoms with van der Waals surface area (Å²) in [7, 11) is 4.81. The first-order valence-electron chi connectivity index (χ1n) is 8.92. The van der Waals surface area contributed by atoms with Crippen LogP contribution in [0.2, 0.25) is 0 Å². The van der Waals surface area contributed by atoms with Crippen LogP contribution in [0.15, 0.2) is 48.5 Å². The largest absolute Gasteiger partial charge is 0.345 e. The molecule has 4 amide bonds. The average Bonchev–Trinajstić information content (AvgIpc) is 2.66. The van der Waals surface area contributed by atoms with Crippen LogP contribution >= 0.6 is 0 Å². The normalized spacial score (nSPS) is 10.1. The SMILES string of the molecule is CC(=O)Nc1cccc(C(=O)N(C)CC(=O)Nc2cccc(C(=O)N(C)C)c2)c1. The summed E-state index contributed by atoms with van der Waals surface area (Å²) in [5.41, 5.74) is 1.77. The Labute approximate surface area is 169 Å². The molecule has 0 aromatic heterocycles. The number of benzene rings is 2. The molecule has 0 spiro atoms. The highest BCUT2D eigenvalue weighted by molar-refractivity contribution is 6.01. The first-order chi connectivity index (χ1) is 13.7. The van der Waals surface area contributed by atoms with E-state index in [9.17, 15) is 19.2 Å².